The number of hydrogen-bond donors (Lipinski definition) is 2. The molecule has 0 aliphatic heterocycles. The first kappa shape index (κ1) is 15.1. The first-order valence-corrected chi connectivity index (χ1v) is 6.37. The fourth-order valence-corrected chi connectivity index (χ4v) is 1.42. The standard InChI is InChI=1S/C15H22N2O2/c1-11(2)12(3)9-16-15(18)17-10-13-7-5-6-8-14(13)19-4/h5-9,11H,10H2,1-4H3,(H2,16,17,18)/b12-9+. The van der Waals surface area contributed by atoms with Crippen molar-refractivity contribution >= 4 is 6.03 Å². The molecule has 2 amide bonds. The third kappa shape index (κ3) is 5.04. The minimum Gasteiger partial charge on any atom is -0.496 e. The zero-order valence-corrected chi connectivity index (χ0v) is 12.0. The lowest BCUT2D eigenvalue weighted by atomic mass is 10.1. The summed E-state index contributed by atoms with van der Waals surface area (Å²) in [6.07, 6.45) is 1.74. The van der Waals surface area contributed by atoms with Crippen LogP contribution < -0.4 is 15.4 Å². The summed E-state index contributed by atoms with van der Waals surface area (Å²) < 4.78 is 5.22. The van der Waals surface area contributed by atoms with E-state index in [1.165, 1.54) is 0 Å². The smallest absolute Gasteiger partial charge is 0.319 e. The minimum absolute atomic E-state index is 0.217. The van der Waals surface area contributed by atoms with Crippen LogP contribution in [0.5, 0.6) is 5.75 Å². The van der Waals surface area contributed by atoms with Crippen LogP contribution in [0, 0.1) is 5.92 Å². The zero-order valence-electron chi connectivity index (χ0n) is 12.0. The highest BCUT2D eigenvalue weighted by Gasteiger charge is 2.04. The average molecular weight is 262 g/mol. The van der Waals surface area contributed by atoms with Crippen molar-refractivity contribution in [2.75, 3.05) is 7.11 Å². The Hall–Kier alpha value is -1.97. The largest absolute Gasteiger partial charge is 0.496 e. The molecule has 1 aromatic carbocycles. The zero-order chi connectivity index (χ0) is 14.3. The minimum atomic E-state index is -0.217. The number of nitrogens with one attached hydrogen (secondary N) is 2. The second-order valence-corrected chi connectivity index (χ2v) is 4.68. The van der Waals surface area contributed by atoms with E-state index in [4.69, 9.17) is 4.74 Å². The summed E-state index contributed by atoms with van der Waals surface area (Å²) in [5.74, 6) is 1.20. The van der Waals surface area contributed by atoms with Crippen LogP contribution in [0.4, 0.5) is 4.79 Å². The SMILES string of the molecule is COc1ccccc1CNC(=O)N/C=C(\C)C(C)C. The molecular weight excluding hydrogens is 240 g/mol. The summed E-state index contributed by atoms with van der Waals surface area (Å²) in [6, 6.07) is 7.40. The van der Waals surface area contributed by atoms with E-state index in [1.807, 2.05) is 31.2 Å². The number of rotatable bonds is 5. The molecule has 2 N–H and O–H groups in total. The van der Waals surface area contributed by atoms with Crippen LogP contribution in [0.25, 0.3) is 0 Å². The van der Waals surface area contributed by atoms with Gasteiger partial charge in [-0.1, -0.05) is 37.6 Å². The summed E-state index contributed by atoms with van der Waals surface area (Å²) in [5.41, 5.74) is 2.08. The number of benzene rings is 1. The third-order valence-electron chi connectivity index (χ3n) is 2.97. The van der Waals surface area contributed by atoms with Gasteiger partial charge in [-0.2, -0.15) is 0 Å². The van der Waals surface area contributed by atoms with Crippen molar-refractivity contribution in [2.45, 2.75) is 27.3 Å². The predicted molar refractivity (Wildman–Crippen MR) is 77.0 cm³/mol. The molecule has 0 radical (unpaired) electrons. The van der Waals surface area contributed by atoms with Crippen LogP contribution in [0.3, 0.4) is 0 Å². The first-order valence-electron chi connectivity index (χ1n) is 6.37. The number of methoxy groups -OCH3 is 1. The van der Waals surface area contributed by atoms with E-state index >= 15 is 0 Å². The van der Waals surface area contributed by atoms with Crippen molar-refractivity contribution in [3.05, 3.63) is 41.6 Å². The van der Waals surface area contributed by atoms with Crippen LogP contribution in [0.2, 0.25) is 0 Å². The molecule has 1 aromatic rings. The lowest BCUT2D eigenvalue weighted by Gasteiger charge is -2.10. The van der Waals surface area contributed by atoms with E-state index in [-0.39, 0.29) is 6.03 Å². The van der Waals surface area contributed by atoms with Gasteiger partial charge in [-0.05, 0) is 18.9 Å². The lowest BCUT2D eigenvalue weighted by Crippen LogP contribution is -2.32. The van der Waals surface area contributed by atoms with Gasteiger partial charge in [0.2, 0.25) is 0 Å². The van der Waals surface area contributed by atoms with E-state index < -0.39 is 0 Å². The summed E-state index contributed by atoms with van der Waals surface area (Å²) in [4.78, 5) is 11.6. The predicted octanol–water partition coefficient (Wildman–Crippen LogP) is 3.05. The molecule has 0 aromatic heterocycles. The van der Waals surface area contributed by atoms with E-state index in [1.54, 1.807) is 13.3 Å². The average Bonchev–Trinajstić information content (AvgIpc) is 2.42. The van der Waals surface area contributed by atoms with Crippen LogP contribution in [0.1, 0.15) is 26.3 Å². The van der Waals surface area contributed by atoms with Crippen LogP contribution in [0.15, 0.2) is 36.0 Å². The maximum atomic E-state index is 11.6. The topological polar surface area (TPSA) is 50.4 Å². The van der Waals surface area contributed by atoms with Gasteiger partial charge in [0.15, 0.2) is 0 Å². The highest BCUT2D eigenvalue weighted by atomic mass is 16.5. The lowest BCUT2D eigenvalue weighted by molar-refractivity contribution is 0.243. The third-order valence-corrected chi connectivity index (χ3v) is 2.97. The highest BCUT2D eigenvalue weighted by molar-refractivity contribution is 5.75. The van der Waals surface area contributed by atoms with E-state index in [0.29, 0.717) is 12.5 Å². The maximum absolute atomic E-state index is 11.6. The quantitative estimate of drug-likeness (QED) is 0.857. The normalized spacial score (nSPS) is 11.3. The van der Waals surface area contributed by atoms with Crippen LogP contribution in [-0.2, 0) is 6.54 Å². The molecule has 0 spiro atoms. The second-order valence-electron chi connectivity index (χ2n) is 4.68. The number of carbonyl (C=O) groups excluding carboxylic acids is 1. The Morgan fingerprint density at radius 1 is 1.37 bits per heavy atom. The number of para-hydroxylation sites is 1. The molecule has 104 valence electrons. The van der Waals surface area contributed by atoms with Crippen LogP contribution >= 0.6 is 0 Å². The molecular formula is C15H22N2O2. The number of amides is 2. The second kappa shape index (κ2) is 7.46. The van der Waals surface area contributed by atoms with E-state index in [2.05, 4.69) is 24.5 Å². The van der Waals surface area contributed by atoms with Gasteiger partial charge in [-0.25, -0.2) is 4.79 Å². The van der Waals surface area contributed by atoms with Gasteiger partial charge in [0.05, 0.1) is 7.11 Å². The van der Waals surface area contributed by atoms with E-state index in [9.17, 15) is 4.79 Å². The van der Waals surface area contributed by atoms with Crippen molar-refractivity contribution in [3.8, 4) is 5.75 Å². The molecule has 0 fully saturated rings. The Kier molecular flexibility index (Phi) is 5.93. The Balaban J connectivity index is 2.48. The number of urea groups is 1. The van der Waals surface area contributed by atoms with Gasteiger partial charge in [-0.3, -0.25) is 0 Å². The summed E-state index contributed by atoms with van der Waals surface area (Å²) in [7, 11) is 1.62. The molecule has 19 heavy (non-hydrogen) atoms. The van der Waals surface area contributed by atoms with Crippen molar-refractivity contribution in [2.24, 2.45) is 5.92 Å². The number of allylic oxidation sites excluding steroid dienone is 1. The fourth-order valence-electron chi connectivity index (χ4n) is 1.42. The first-order chi connectivity index (χ1) is 9.04. The molecule has 0 aliphatic carbocycles. The highest BCUT2D eigenvalue weighted by Crippen LogP contribution is 2.16. The number of carbonyl (C=O) groups is 1. The van der Waals surface area contributed by atoms with Gasteiger partial charge >= 0.3 is 6.03 Å². The number of hydrogen-bond acceptors (Lipinski definition) is 2. The van der Waals surface area contributed by atoms with Crippen molar-refractivity contribution in [1.82, 2.24) is 10.6 Å². The summed E-state index contributed by atoms with van der Waals surface area (Å²) in [6.45, 7) is 6.59. The summed E-state index contributed by atoms with van der Waals surface area (Å²) >= 11 is 0. The van der Waals surface area contributed by atoms with Gasteiger partial charge in [0, 0.05) is 18.3 Å². The Bertz CT molecular complexity index is 453. The molecule has 0 aliphatic rings. The van der Waals surface area contributed by atoms with E-state index in [0.717, 1.165) is 16.9 Å². The van der Waals surface area contributed by atoms with Gasteiger partial charge in [0.25, 0.3) is 0 Å². The van der Waals surface area contributed by atoms with Crippen LogP contribution in [-0.4, -0.2) is 13.1 Å². The molecule has 0 bridgehead atoms. The molecule has 0 saturated heterocycles. The summed E-state index contributed by atoms with van der Waals surface area (Å²) in [5, 5.41) is 5.51. The van der Waals surface area contributed by atoms with Gasteiger partial charge in [-0.15, -0.1) is 0 Å². The molecule has 4 heteroatoms. The molecule has 0 unspecified atom stereocenters. The molecule has 1 rings (SSSR count). The monoisotopic (exact) mass is 262 g/mol. The van der Waals surface area contributed by atoms with Gasteiger partial charge < -0.3 is 15.4 Å². The molecule has 4 nitrogen and oxygen atoms in total. The van der Waals surface area contributed by atoms with Crippen molar-refractivity contribution in [1.29, 1.82) is 0 Å². The number of ether oxygens (including phenoxy) is 1. The molecule has 0 heterocycles. The Morgan fingerprint density at radius 2 is 2.05 bits per heavy atom. The van der Waals surface area contributed by atoms with Crippen molar-refractivity contribution in [3.63, 3.8) is 0 Å². The maximum Gasteiger partial charge on any atom is 0.319 e. The Morgan fingerprint density at radius 3 is 2.68 bits per heavy atom. The Labute approximate surface area is 114 Å². The fraction of sp³-hybridized carbons (Fsp3) is 0.400. The van der Waals surface area contributed by atoms with Crippen molar-refractivity contribution < 1.29 is 9.53 Å². The molecule has 0 atom stereocenters. The molecule has 0 saturated carbocycles. The van der Waals surface area contributed by atoms with Gasteiger partial charge in [0.1, 0.15) is 5.75 Å².